The molecule has 0 heterocycles. The molecule has 9 heteroatoms. The summed E-state index contributed by atoms with van der Waals surface area (Å²) in [4.78, 5) is 11.3. The Labute approximate surface area is 183 Å². The summed E-state index contributed by atoms with van der Waals surface area (Å²) in [5, 5.41) is 11.5. The maximum Gasteiger partial charge on any atom is 0.409 e. The molecule has 0 aliphatic carbocycles. The molecule has 1 amide bonds. The van der Waals surface area contributed by atoms with Gasteiger partial charge in [-0.3, -0.25) is 9.62 Å². The Morgan fingerprint density at radius 3 is 2.32 bits per heavy atom. The van der Waals surface area contributed by atoms with E-state index < -0.39 is 16.1 Å². The second-order valence-corrected chi connectivity index (χ2v) is 10.0. The number of nitrogens with zero attached hydrogens (tertiary/aromatic N) is 1. The van der Waals surface area contributed by atoms with E-state index in [4.69, 9.17) is 9.47 Å². The molecule has 0 aliphatic heterocycles. The molecule has 0 bridgehead atoms. The van der Waals surface area contributed by atoms with Gasteiger partial charge < -0.3 is 14.6 Å². The monoisotopic (exact) mass is 450 g/mol. The molecular formula is C22H30N2O6S. The van der Waals surface area contributed by atoms with Gasteiger partial charge in [-0.15, -0.1) is 0 Å². The van der Waals surface area contributed by atoms with Crippen LogP contribution in [0.4, 0.5) is 16.2 Å². The second kappa shape index (κ2) is 10.0. The van der Waals surface area contributed by atoms with E-state index in [-0.39, 0.29) is 35.7 Å². The molecule has 0 spiro atoms. The van der Waals surface area contributed by atoms with Gasteiger partial charge in [0.25, 0.3) is 0 Å². The van der Waals surface area contributed by atoms with Gasteiger partial charge in [0.1, 0.15) is 0 Å². The van der Waals surface area contributed by atoms with Crippen LogP contribution in [0.1, 0.15) is 31.9 Å². The van der Waals surface area contributed by atoms with E-state index in [0.29, 0.717) is 6.61 Å². The quantitative estimate of drug-likeness (QED) is 0.558. The number of amides is 1. The first kappa shape index (κ1) is 24.5. The van der Waals surface area contributed by atoms with Gasteiger partial charge in [-0.2, -0.15) is 0 Å². The number of benzene rings is 2. The van der Waals surface area contributed by atoms with Crippen molar-refractivity contribution in [1.29, 1.82) is 0 Å². The van der Waals surface area contributed by atoms with Gasteiger partial charge >= 0.3 is 6.09 Å². The highest BCUT2D eigenvalue weighted by Gasteiger charge is 2.27. The van der Waals surface area contributed by atoms with Crippen LogP contribution in [0.5, 0.6) is 5.75 Å². The predicted molar refractivity (Wildman–Crippen MR) is 122 cm³/mol. The first-order valence-electron chi connectivity index (χ1n) is 9.75. The molecule has 0 saturated carbocycles. The van der Waals surface area contributed by atoms with Crippen LogP contribution >= 0.6 is 0 Å². The smallest absolute Gasteiger partial charge is 0.409 e. The molecule has 0 radical (unpaired) electrons. The third-order valence-corrected chi connectivity index (χ3v) is 5.78. The van der Waals surface area contributed by atoms with Crippen molar-refractivity contribution in [1.82, 2.24) is 0 Å². The number of carbonyl (C=O) groups is 1. The Bertz CT molecular complexity index is 1000. The Morgan fingerprint density at radius 1 is 1.16 bits per heavy atom. The first-order valence-corrected chi connectivity index (χ1v) is 11.6. The third kappa shape index (κ3) is 6.86. The van der Waals surface area contributed by atoms with Crippen molar-refractivity contribution in [3.8, 4) is 5.75 Å². The minimum atomic E-state index is -3.71. The van der Waals surface area contributed by atoms with E-state index in [9.17, 15) is 18.3 Å². The summed E-state index contributed by atoms with van der Waals surface area (Å²) in [6, 6.07) is 12.9. The standard InChI is InChI=1S/C22H30N2O6S/c1-22(2,3)17-13-18(23-21(25)26)20(29-4)19(14-17)24(31(5,27)28)11-12-30-15-16-9-7-6-8-10-16/h6-10,13-14,23H,11-12,15H2,1-5H3,(H,25,26). The highest BCUT2D eigenvalue weighted by atomic mass is 32.2. The minimum absolute atomic E-state index is 0.0438. The first-order chi connectivity index (χ1) is 14.4. The summed E-state index contributed by atoms with van der Waals surface area (Å²) in [6.07, 6.45) is -0.176. The summed E-state index contributed by atoms with van der Waals surface area (Å²) in [6.45, 7) is 6.41. The molecule has 0 unspecified atom stereocenters. The molecule has 2 aromatic rings. The van der Waals surface area contributed by atoms with Crippen LogP contribution < -0.4 is 14.4 Å². The predicted octanol–water partition coefficient (Wildman–Crippen LogP) is 4.07. The number of hydrogen-bond acceptors (Lipinski definition) is 5. The Kier molecular flexibility index (Phi) is 7.91. The molecule has 2 N–H and O–H groups in total. The van der Waals surface area contributed by atoms with Gasteiger partial charge in [-0.25, -0.2) is 13.2 Å². The number of rotatable bonds is 9. The summed E-state index contributed by atoms with van der Waals surface area (Å²) in [5.41, 5.74) is 1.81. The van der Waals surface area contributed by atoms with E-state index in [0.717, 1.165) is 17.4 Å². The van der Waals surface area contributed by atoms with E-state index >= 15 is 0 Å². The van der Waals surface area contributed by atoms with Gasteiger partial charge in [0.15, 0.2) is 5.75 Å². The van der Waals surface area contributed by atoms with Gasteiger partial charge in [-0.05, 0) is 28.7 Å². The molecule has 2 rings (SSSR count). The van der Waals surface area contributed by atoms with Crippen LogP contribution in [0.25, 0.3) is 0 Å². The lowest BCUT2D eigenvalue weighted by Crippen LogP contribution is -2.34. The van der Waals surface area contributed by atoms with Crippen molar-refractivity contribution in [3.05, 3.63) is 53.6 Å². The topological polar surface area (TPSA) is 105 Å². The normalized spacial score (nSPS) is 11.8. The summed E-state index contributed by atoms with van der Waals surface area (Å²) < 4.78 is 37.6. The van der Waals surface area contributed by atoms with Gasteiger partial charge in [0, 0.05) is 0 Å². The average molecular weight is 451 g/mol. The summed E-state index contributed by atoms with van der Waals surface area (Å²) >= 11 is 0. The zero-order valence-electron chi connectivity index (χ0n) is 18.5. The van der Waals surface area contributed by atoms with Crippen molar-refractivity contribution >= 4 is 27.5 Å². The highest BCUT2D eigenvalue weighted by molar-refractivity contribution is 7.92. The number of ether oxygens (including phenoxy) is 2. The van der Waals surface area contributed by atoms with Gasteiger partial charge in [0.2, 0.25) is 10.0 Å². The molecule has 31 heavy (non-hydrogen) atoms. The molecule has 2 aromatic carbocycles. The van der Waals surface area contributed by atoms with Crippen LogP contribution in [-0.2, 0) is 26.8 Å². The van der Waals surface area contributed by atoms with Crippen molar-refractivity contribution in [2.75, 3.05) is 36.1 Å². The Hall–Kier alpha value is -2.78. The molecule has 8 nitrogen and oxygen atoms in total. The maximum atomic E-state index is 12.6. The Morgan fingerprint density at radius 2 is 1.81 bits per heavy atom. The van der Waals surface area contributed by atoms with Crippen LogP contribution in [0.2, 0.25) is 0 Å². The van der Waals surface area contributed by atoms with Gasteiger partial charge in [0.05, 0.1) is 44.5 Å². The van der Waals surface area contributed by atoms with Crippen LogP contribution in [0, 0.1) is 0 Å². The van der Waals surface area contributed by atoms with E-state index in [1.807, 2.05) is 51.1 Å². The largest absolute Gasteiger partial charge is 0.492 e. The molecule has 0 saturated heterocycles. The van der Waals surface area contributed by atoms with Crippen molar-refractivity contribution in [2.45, 2.75) is 32.8 Å². The molecular weight excluding hydrogens is 420 g/mol. The molecule has 170 valence electrons. The van der Waals surface area contributed by atoms with Gasteiger partial charge in [-0.1, -0.05) is 51.1 Å². The van der Waals surface area contributed by atoms with Crippen LogP contribution in [0.15, 0.2) is 42.5 Å². The van der Waals surface area contributed by atoms with Crippen molar-refractivity contribution < 1.29 is 27.8 Å². The Balaban J connectivity index is 2.40. The lowest BCUT2D eigenvalue weighted by molar-refractivity contribution is 0.128. The third-order valence-electron chi connectivity index (χ3n) is 4.60. The zero-order chi connectivity index (χ0) is 23.2. The van der Waals surface area contributed by atoms with E-state index in [2.05, 4.69) is 5.32 Å². The maximum absolute atomic E-state index is 12.6. The molecule has 0 aromatic heterocycles. The number of anilines is 2. The molecule has 0 aliphatic rings. The fourth-order valence-electron chi connectivity index (χ4n) is 3.03. The molecule has 0 atom stereocenters. The number of sulfonamides is 1. The lowest BCUT2D eigenvalue weighted by atomic mass is 9.86. The summed E-state index contributed by atoms with van der Waals surface area (Å²) in [5.74, 6) is 0.129. The number of nitrogens with one attached hydrogen (secondary N) is 1. The molecule has 0 fully saturated rings. The van der Waals surface area contributed by atoms with E-state index in [1.54, 1.807) is 12.1 Å². The SMILES string of the molecule is COc1c(NC(=O)O)cc(C(C)(C)C)cc1N(CCOCc1ccccc1)S(C)(=O)=O. The van der Waals surface area contributed by atoms with Crippen molar-refractivity contribution in [2.24, 2.45) is 0 Å². The number of methoxy groups -OCH3 is 1. The summed E-state index contributed by atoms with van der Waals surface area (Å²) in [7, 11) is -2.33. The fourth-order valence-corrected chi connectivity index (χ4v) is 3.93. The zero-order valence-corrected chi connectivity index (χ0v) is 19.3. The van der Waals surface area contributed by atoms with Crippen LogP contribution in [-0.4, -0.2) is 46.1 Å². The fraction of sp³-hybridized carbons (Fsp3) is 0.409. The lowest BCUT2D eigenvalue weighted by Gasteiger charge is -2.29. The average Bonchev–Trinajstić information content (AvgIpc) is 2.66. The number of hydrogen-bond donors (Lipinski definition) is 2. The second-order valence-electron chi connectivity index (χ2n) is 8.13. The number of carboxylic acid groups (broad SMARTS) is 1. The minimum Gasteiger partial charge on any atom is -0.492 e. The van der Waals surface area contributed by atoms with E-state index in [1.165, 1.54) is 11.4 Å². The van der Waals surface area contributed by atoms with Crippen molar-refractivity contribution in [3.63, 3.8) is 0 Å². The highest BCUT2D eigenvalue weighted by Crippen LogP contribution is 2.41. The van der Waals surface area contributed by atoms with Crippen LogP contribution in [0.3, 0.4) is 0 Å².